The van der Waals surface area contributed by atoms with E-state index in [0.717, 1.165) is 6.42 Å². The Balaban J connectivity index is 2.31. The van der Waals surface area contributed by atoms with Gasteiger partial charge in [-0.1, -0.05) is 58.3 Å². The van der Waals surface area contributed by atoms with Crippen LogP contribution in [0.15, 0.2) is 0 Å². The van der Waals surface area contributed by atoms with E-state index >= 15 is 0 Å². The summed E-state index contributed by atoms with van der Waals surface area (Å²) in [4.78, 5) is 9.76. The lowest BCUT2D eigenvalue weighted by molar-refractivity contribution is 0.0850. The maximum Gasteiger partial charge on any atom is 0.238 e. The number of hydrogen-bond acceptors (Lipinski definition) is 2. The summed E-state index contributed by atoms with van der Waals surface area (Å²) >= 11 is 0. The van der Waals surface area contributed by atoms with Gasteiger partial charge in [-0.05, 0) is 12.8 Å². The fourth-order valence-corrected chi connectivity index (χ4v) is 1.70. The van der Waals surface area contributed by atoms with Crippen molar-refractivity contribution in [1.29, 1.82) is 0 Å². The van der Waals surface area contributed by atoms with Crippen LogP contribution in [0, 0.1) is 23.7 Å². The molecule has 0 N–H and O–H groups in total. The van der Waals surface area contributed by atoms with Crippen molar-refractivity contribution in [2.75, 3.05) is 0 Å². The van der Waals surface area contributed by atoms with Crippen LogP contribution in [-0.4, -0.2) is 6.29 Å². The predicted octanol–water partition coefficient (Wildman–Crippen LogP) is 3.91. The van der Waals surface area contributed by atoms with E-state index in [0.29, 0.717) is 5.92 Å². The molecule has 0 aromatic rings. The fourth-order valence-electron chi connectivity index (χ4n) is 1.70. The van der Waals surface area contributed by atoms with E-state index in [4.69, 9.17) is 9.78 Å². The van der Waals surface area contributed by atoms with Crippen LogP contribution in [0.5, 0.6) is 0 Å². The largest absolute Gasteiger partial charge is 0.238 e. The maximum absolute atomic E-state index is 4.88. The smallest absolute Gasteiger partial charge is 0.197 e. The summed E-state index contributed by atoms with van der Waals surface area (Å²) in [5, 5.41) is 0. The Morgan fingerprint density at radius 2 is 1.62 bits per heavy atom. The molecule has 2 heteroatoms. The normalized spacial score (nSPS) is 18.7. The van der Waals surface area contributed by atoms with Gasteiger partial charge in [0.25, 0.3) is 0 Å². The van der Waals surface area contributed by atoms with Crippen LogP contribution in [0.25, 0.3) is 0 Å². The molecule has 1 rings (SSSR count). The van der Waals surface area contributed by atoms with Gasteiger partial charge in [-0.2, -0.15) is 9.78 Å². The molecule has 1 saturated heterocycles. The molecule has 1 aliphatic rings. The molecule has 0 spiro atoms. The van der Waals surface area contributed by atoms with Crippen LogP contribution in [0.1, 0.15) is 59.3 Å². The first-order valence-corrected chi connectivity index (χ1v) is 6.61. The van der Waals surface area contributed by atoms with Crippen molar-refractivity contribution in [2.45, 2.75) is 65.6 Å². The third kappa shape index (κ3) is 5.53. The Morgan fingerprint density at radius 1 is 1.00 bits per heavy atom. The van der Waals surface area contributed by atoms with Gasteiger partial charge >= 0.3 is 0 Å². The number of rotatable bonds is 7. The van der Waals surface area contributed by atoms with Gasteiger partial charge in [0, 0.05) is 5.92 Å². The molecule has 0 aromatic heterocycles. The lowest BCUT2D eigenvalue weighted by Crippen LogP contribution is -2.05. The molecule has 0 saturated carbocycles. The van der Waals surface area contributed by atoms with Crippen molar-refractivity contribution >= 4 is 0 Å². The highest BCUT2D eigenvalue weighted by molar-refractivity contribution is 5.08. The molecule has 0 radical (unpaired) electrons. The molecule has 0 bridgehead atoms. The van der Waals surface area contributed by atoms with Crippen LogP contribution in [0.3, 0.4) is 0 Å². The minimum atomic E-state index is -0.0441. The lowest BCUT2D eigenvalue weighted by atomic mass is 10.00. The highest BCUT2D eigenvalue weighted by Crippen LogP contribution is 2.26. The van der Waals surface area contributed by atoms with Gasteiger partial charge < -0.3 is 0 Å². The molecule has 16 heavy (non-hydrogen) atoms. The molecule has 2 atom stereocenters. The van der Waals surface area contributed by atoms with Crippen LogP contribution in [0.4, 0.5) is 0 Å². The Morgan fingerprint density at radius 3 is 2.19 bits per heavy atom. The first kappa shape index (κ1) is 13.5. The van der Waals surface area contributed by atoms with Crippen LogP contribution in [-0.2, 0) is 9.78 Å². The second kappa shape index (κ2) is 7.70. The molecular weight excluding hydrogens is 200 g/mol. The monoisotopic (exact) mass is 224 g/mol. The van der Waals surface area contributed by atoms with Crippen molar-refractivity contribution in [3.8, 4) is 11.8 Å². The Hall–Kier alpha value is -0.520. The molecule has 1 fully saturated rings. The Kier molecular flexibility index (Phi) is 6.52. The number of unbranched alkanes of at least 4 members (excludes halogenated alkanes) is 2. The van der Waals surface area contributed by atoms with E-state index in [1.54, 1.807) is 0 Å². The Labute approximate surface area is 99.6 Å². The fraction of sp³-hybridized carbons (Fsp3) is 0.857. The van der Waals surface area contributed by atoms with Crippen molar-refractivity contribution in [3.63, 3.8) is 0 Å². The summed E-state index contributed by atoms with van der Waals surface area (Å²) < 4.78 is 0. The molecule has 1 heterocycles. The summed E-state index contributed by atoms with van der Waals surface area (Å²) in [6, 6.07) is 0. The van der Waals surface area contributed by atoms with Gasteiger partial charge in [-0.3, -0.25) is 0 Å². The van der Waals surface area contributed by atoms with Crippen molar-refractivity contribution in [1.82, 2.24) is 0 Å². The third-order valence-corrected chi connectivity index (χ3v) is 2.91. The molecule has 0 aromatic carbocycles. The summed E-state index contributed by atoms with van der Waals surface area (Å²) in [6.45, 7) is 6.62. The maximum atomic E-state index is 4.88. The minimum Gasteiger partial charge on any atom is -0.197 e. The second-order valence-corrected chi connectivity index (χ2v) is 4.64. The number of hydrogen-bond donors (Lipinski definition) is 0. The van der Waals surface area contributed by atoms with Crippen LogP contribution >= 0.6 is 0 Å². The van der Waals surface area contributed by atoms with Crippen molar-refractivity contribution in [2.24, 2.45) is 11.8 Å². The van der Waals surface area contributed by atoms with E-state index in [1.807, 2.05) is 0 Å². The van der Waals surface area contributed by atoms with E-state index in [9.17, 15) is 0 Å². The zero-order valence-corrected chi connectivity index (χ0v) is 10.8. The predicted molar refractivity (Wildman–Crippen MR) is 65.4 cm³/mol. The molecule has 1 aliphatic heterocycles. The molecule has 2 nitrogen and oxygen atoms in total. The zero-order chi connectivity index (χ0) is 11.8. The molecule has 0 amide bonds. The average Bonchev–Trinajstić information content (AvgIpc) is 3.10. The summed E-state index contributed by atoms with van der Waals surface area (Å²) in [5.41, 5.74) is 0. The van der Waals surface area contributed by atoms with Gasteiger partial charge in [0.15, 0.2) is 0 Å². The summed E-state index contributed by atoms with van der Waals surface area (Å²) in [5.74, 6) is 7.45. The molecular formula is C14H24O2. The van der Waals surface area contributed by atoms with Gasteiger partial charge in [0.1, 0.15) is 0 Å². The average molecular weight is 224 g/mol. The van der Waals surface area contributed by atoms with Crippen LogP contribution in [0.2, 0.25) is 0 Å². The van der Waals surface area contributed by atoms with Crippen LogP contribution < -0.4 is 0 Å². The minimum absolute atomic E-state index is 0.0441. The van der Waals surface area contributed by atoms with Gasteiger partial charge in [0.05, 0.1) is 5.92 Å². The van der Waals surface area contributed by atoms with Crippen molar-refractivity contribution in [3.05, 3.63) is 0 Å². The van der Waals surface area contributed by atoms with Gasteiger partial charge in [-0.25, -0.2) is 0 Å². The highest BCUT2D eigenvalue weighted by Gasteiger charge is 2.34. The van der Waals surface area contributed by atoms with Gasteiger partial charge in [0.2, 0.25) is 6.29 Å². The standard InChI is InChI=1S/C14H24O2/c1-4-6-8-12(3)10-11-13(9-7-5-2)14-15-16-14/h12-14H,4-9H2,1-3H3. The SMILES string of the molecule is CCCCC(C)C#CC(CCCC)C1OO1. The zero-order valence-electron chi connectivity index (χ0n) is 10.8. The third-order valence-electron chi connectivity index (χ3n) is 2.91. The summed E-state index contributed by atoms with van der Waals surface area (Å²) in [7, 11) is 0. The topological polar surface area (TPSA) is 25.1 Å². The second-order valence-electron chi connectivity index (χ2n) is 4.64. The van der Waals surface area contributed by atoms with E-state index in [-0.39, 0.29) is 12.2 Å². The highest BCUT2D eigenvalue weighted by atomic mass is 17.4. The first-order valence-electron chi connectivity index (χ1n) is 6.61. The molecule has 0 aliphatic carbocycles. The Bertz CT molecular complexity index is 235. The first-order chi connectivity index (χ1) is 7.77. The van der Waals surface area contributed by atoms with E-state index < -0.39 is 0 Å². The molecule has 92 valence electrons. The summed E-state index contributed by atoms with van der Waals surface area (Å²) in [6.07, 6.45) is 7.18. The van der Waals surface area contributed by atoms with Gasteiger partial charge in [-0.15, -0.1) is 0 Å². The van der Waals surface area contributed by atoms with E-state index in [2.05, 4.69) is 32.6 Å². The van der Waals surface area contributed by atoms with Crippen molar-refractivity contribution < 1.29 is 9.78 Å². The lowest BCUT2D eigenvalue weighted by Gasteiger charge is -2.05. The quantitative estimate of drug-likeness (QED) is 0.372. The molecule has 2 unspecified atom stereocenters. The van der Waals surface area contributed by atoms with E-state index in [1.165, 1.54) is 32.1 Å².